The second-order valence-corrected chi connectivity index (χ2v) is 4.31. The minimum Gasteiger partial charge on any atom is -0.497 e. The lowest BCUT2D eigenvalue weighted by atomic mass is 10.0. The molecule has 2 aromatic rings. The lowest BCUT2D eigenvalue weighted by Crippen LogP contribution is -2.04. The average molecular weight is 245 g/mol. The van der Waals surface area contributed by atoms with Crippen LogP contribution in [0.15, 0.2) is 24.3 Å². The lowest BCUT2D eigenvalue weighted by Gasteiger charge is -2.08. The Morgan fingerprint density at radius 2 is 2.17 bits per heavy atom. The zero-order valence-electron chi connectivity index (χ0n) is 11.1. The average Bonchev–Trinajstić information content (AvgIpc) is 2.65. The van der Waals surface area contributed by atoms with Crippen molar-refractivity contribution in [3.63, 3.8) is 0 Å². The minimum absolute atomic E-state index is 0.628. The standard InChI is InChI=1S/C14H19N3O/c1-10-13(7-8-15)14(17(2)16-10)11-5-4-6-12(9-11)18-3/h4-6,9H,7-8,15H2,1-3H3. The smallest absolute Gasteiger partial charge is 0.119 e. The molecule has 0 unspecified atom stereocenters. The summed E-state index contributed by atoms with van der Waals surface area (Å²) in [5, 5.41) is 4.48. The van der Waals surface area contributed by atoms with Crippen molar-refractivity contribution in [2.75, 3.05) is 13.7 Å². The zero-order valence-corrected chi connectivity index (χ0v) is 11.1. The van der Waals surface area contributed by atoms with Crippen LogP contribution in [0.1, 0.15) is 11.3 Å². The molecule has 4 heteroatoms. The molecule has 1 aromatic carbocycles. The van der Waals surface area contributed by atoms with Gasteiger partial charge in [0, 0.05) is 18.2 Å². The Morgan fingerprint density at radius 3 is 2.83 bits per heavy atom. The number of methoxy groups -OCH3 is 1. The first-order chi connectivity index (χ1) is 8.67. The van der Waals surface area contributed by atoms with E-state index in [1.54, 1.807) is 7.11 Å². The minimum atomic E-state index is 0.628. The topological polar surface area (TPSA) is 53.1 Å². The first-order valence-corrected chi connectivity index (χ1v) is 6.04. The summed E-state index contributed by atoms with van der Waals surface area (Å²) >= 11 is 0. The van der Waals surface area contributed by atoms with E-state index < -0.39 is 0 Å². The Hall–Kier alpha value is -1.81. The van der Waals surface area contributed by atoms with Crippen LogP contribution in [0.5, 0.6) is 5.75 Å². The summed E-state index contributed by atoms with van der Waals surface area (Å²) in [5.74, 6) is 0.852. The van der Waals surface area contributed by atoms with Crippen LogP contribution in [0.4, 0.5) is 0 Å². The van der Waals surface area contributed by atoms with Gasteiger partial charge in [0.15, 0.2) is 0 Å². The van der Waals surface area contributed by atoms with Crippen molar-refractivity contribution in [2.24, 2.45) is 12.8 Å². The van der Waals surface area contributed by atoms with Crippen LogP contribution in [0.3, 0.4) is 0 Å². The number of nitrogens with two attached hydrogens (primary N) is 1. The fourth-order valence-electron chi connectivity index (χ4n) is 2.28. The third kappa shape index (κ3) is 2.24. The van der Waals surface area contributed by atoms with Crippen molar-refractivity contribution < 1.29 is 4.74 Å². The maximum Gasteiger partial charge on any atom is 0.119 e. The van der Waals surface area contributed by atoms with Gasteiger partial charge < -0.3 is 10.5 Å². The lowest BCUT2D eigenvalue weighted by molar-refractivity contribution is 0.415. The van der Waals surface area contributed by atoms with Gasteiger partial charge in [-0.1, -0.05) is 12.1 Å². The van der Waals surface area contributed by atoms with Gasteiger partial charge in [0.05, 0.1) is 18.5 Å². The second kappa shape index (κ2) is 5.23. The maximum atomic E-state index is 5.68. The van der Waals surface area contributed by atoms with E-state index in [4.69, 9.17) is 10.5 Å². The van der Waals surface area contributed by atoms with E-state index in [-0.39, 0.29) is 0 Å². The molecule has 1 heterocycles. The molecular weight excluding hydrogens is 226 g/mol. The third-order valence-corrected chi connectivity index (χ3v) is 3.08. The molecular formula is C14H19N3O. The van der Waals surface area contributed by atoms with Gasteiger partial charge >= 0.3 is 0 Å². The van der Waals surface area contributed by atoms with Crippen molar-refractivity contribution in [3.8, 4) is 17.0 Å². The highest BCUT2D eigenvalue weighted by Gasteiger charge is 2.14. The Labute approximate surface area is 107 Å². The summed E-state index contributed by atoms with van der Waals surface area (Å²) < 4.78 is 7.18. The number of aromatic nitrogens is 2. The van der Waals surface area contributed by atoms with E-state index >= 15 is 0 Å². The van der Waals surface area contributed by atoms with Crippen LogP contribution in [0.2, 0.25) is 0 Å². The van der Waals surface area contributed by atoms with Crippen LogP contribution in [0.25, 0.3) is 11.3 Å². The highest BCUT2D eigenvalue weighted by atomic mass is 16.5. The van der Waals surface area contributed by atoms with Crippen LogP contribution in [0, 0.1) is 6.92 Å². The van der Waals surface area contributed by atoms with Gasteiger partial charge in [-0.05, 0) is 32.0 Å². The summed E-state index contributed by atoms with van der Waals surface area (Å²) in [6.07, 6.45) is 0.840. The fraction of sp³-hybridized carbons (Fsp3) is 0.357. The molecule has 0 saturated heterocycles. The number of ether oxygens (including phenoxy) is 1. The molecule has 0 bridgehead atoms. The first-order valence-electron chi connectivity index (χ1n) is 6.04. The van der Waals surface area contributed by atoms with E-state index in [2.05, 4.69) is 11.2 Å². The number of hydrogen-bond donors (Lipinski definition) is 1. The van der Waals surface area contributed by atoms with E-state index in [0.29, 0.717) is 6.54 Å². The van der Waals surface area contributed by atoms with Gasteiger partial charge in [0.2, 0.25) is 0 Å². The first kappa shape index (κ1) is 12.6. The molecule has 2 N–H and O–H groups in total. The van der Waals surface area contributed by atoms with Crippen LogP contribution < -0.4 is 10.5 Å². The molecule has 0 aliphatic rings. The Balaban J connectivity index is 2.54. The number of aryl methyl sites for hydroxylation is 2. The molecule has 0 saturated carbocycles. The summed E-state index contributed by atoms with van der Waals surface area (Å²) in [4.78, 5) is 0. The molecule has 0 atom stereocenters. The van der Waals surface area contributed by atoms with Crippen LogP contribution in [-0.4, -0.2) is 23.4 Å². The van der Waals surface area contributed by atoms with E-state index in [1.807, 2.05) is 36.9 Å². The predicted octanol–water partition coefficient (Wildman–Crippen LogP) is 1.91. The number of hydrogen-bond acceptors (Lipinski definition) is 3. The highest BCUT2D eigenvalue weighted by Crippen LogP contribution is 2.28. The summed E-state index contributed by atoms with van der Waals surface area (Å²) in [5.41, 5.74) is 10.2. The largest absolute Gasteiger partial charge is 0.497 e. The Kier molecular flexibility index (Phi) is 3.67. The van der Waals surface area contributed by atoms with Crippen LogP contribution in [-0.2, 0) is 13.5 Å². The summed E-state index contributed by atoms with van der Waals surface area (Å²) in [7, 11) is 3.64. The van der Waals surface area contributed by atoms with Gasteiger partial charge in [-0.25, -0.2) is 0 Å². The summed E-state index contributed by atoms with van der Waals surface area (Å²) in [6.45, 7) is 2.65. The molecule has 0 aliphatic carbocycles. The highest BCUT2D eigenvalue weighted by molar-refractivity contribution is 5.66. The number of rotatable bonds is 4. The molecule has 2 rings (SSSR count). The Morgan fingerprint density at radius 1 is 1.39 bits per heavy atom. The van der Waals surface area contributed by atoms with Gasteiger partial charge in [-0.2, -0.15) is 5.10 Å². The predicted molar refractivity (Wildman–Crippen MR) is 72.7 cm³/mol. The number of benzene rings is 1. The molecule has 0 amide bonds. The molecule has 1 aromatic heterocycles. The van der Waals surface area contributed by atoms with Crippen LogP contribution >= 0.6 is 0 Å². The molecule has 18 heavy (non-hydrogen) atoms. The molecule has 0 radical (unpaired) electrons. The monoisotopic (exact) mass is 245 g/mol. The Bertz CT molecular complexity index is 546. The van der Waals surface area contributed by atoms with Crippen molar-refractivity contribution in [1.82, 2.24) is 9.78 Å². The summed E-state index contributed by atoms with van der Waals surface area (Å²) in [6, 6.07) is 8.02. The fourth-order valence-corrected chi connectivity index (χ4v) is 2.28. The molecule has 96 valence electrons. The maximum absolute atomic E-state index is 5.68. The third-order valence-electron chi connectivity index (χ3n) is 3.08. The van der Waals surface area contributed by atoms with Gasteiger partial charge in [0.1, 0.15) is 5.75 Å². The van der Waals surface area contributed by atoms with Crippen molar-refractivity contribution >= 4 is 0 Å². The molecule has 4 nitrogen and oxygen atoms in total. The van der Waals surface area contributed by atoms with Gasteiger partial charge in [-0.15, -0.1) is 0 Å². The van der Waals surface area contributed by atoms with E-state index in [0.717, 1.165) is 29.1 Å². The molecule has 0 spiro atoms. The van der Waals surface area contributed by atoms with Gasteiger partial charge in [-0.3, -0.25) is 4.68 Å². The van der Waals surface area contributed by atoms with Crippen molar-refractivity contribution in [1.29, 1.82) is 0 Å². The van der Waals surface area contributed by atoms with Gasteiger partial charge in [0.25, 0.3) is 0 Å². The zero-order chi connectivity index (χ0) is 13.1. The second-order valence-electron chi connectivity index (χ2n) is 4.31. The molecule has 0 aliphatic heterocycles. The normalized spacial score (nSPS) is 10.7. The number of nitrogens with zero attached hydrogens (tertiary/aromatic N) is 2. The quantitative estimate of drug-likeness (QED) is 0.895. The van der Waals surface area contributed by atoms with E-state index in [9.17, 15) is 0 Å². The molecule has 0 fully saturated rings. The van der Waals surface area contributed by atoms with Crippen molar-refractivity contribution in [3.05, 3.63) is 35.5 Å². The SMILES string of the molecule is COc1cccc(-c2c(CCN)c(C)nn2C)c1. The van der Waals surface area contributed by atoms with E-state index in [1.165, 1.54) is 5.56 Å². The van der Waals surface area contributed by atoms with Crippen molar-refractivity contribution in [2.45, 2.75) is 13.3 Å².